The minimum Gasteiger partial charge on any atom is -0.394 e. The van der Waals surface area contributed by atoms with Crippen molar-refractivity contribution >= 4 is 5.91 Å². The molecule has 0 radical (unpaired) electrons. The van der Waals surface area contributed by atoms with Gasteiger partial charge < -0.3 is 15.5 Å². The zero-order chi connectivity index (χ0) is 43.5. The third-order valence-corrected chi connectivity index (χ3v) is 13.6. The lowest BCUT2D eigenvalue weighted by Crippen LogP contribution is -2.45. The molecule has 0 aromatic carbocycles. The highest BCUT2D eigenvalue weighted by atomic mass is 16.3. The van der Waals surface area contributed by atoms with E-state index >= 15 is 0 Å². The Morgan fingerprint density at radius 1 is 0.333 bits per heavy atom. The van der Waals surface area contributed by atoms with E-state index in [0.717, 1.165) is 25.7 Å². The van der Waals surface area contributed by atoms with E-state index in [0.29, 0.717) is 12.8 Å². The van der Waals surface area contributed by atoms with Gasteiger partial charge in [0.25, 0.3) is 0 Å². The van der Waals surface area contributed by atoms with Gasteiger partial charge >= 0.3 is 0 Å². The van der Waals surface area contributed by atoms with Crippen LogP contribution in [-0.2, 0) is 4.79 Å². The van der Waals surface area contributed by atoms with E-state index in [9.17, 15) is 15.0 Å². The maximum Gasteiger partial charge on any atom is 0.220 e. The van der Waals surface area contributed by atoms with Gasteiger partial charge in [-0.1, -0.05) is 316 Å². The first-order valence-electron chi connectivity index (χ1n) is 28.2. The molecule has 0 bridgehead atoms. The van der Waals surface area contributed by atoms with E-state index in [1.165, 1.54) is 283 Å². The summed E-state index contributed by atoms with van der Waals surface area (Å²) in [4.78, 5) is 12.5. The van der Waals surface area contributed by atoms with Crippen LogP contribution in [0.4, 0.5) is 0 Å². The van der Waals surface area contributed by atoms with E-state index < -0.39 is 12.1 Å². The van der Waals surface area contributed by atoms with Crippen LogP contribution in [0, 0.1) is 0 Å². The van der Waals surface area contributed by atoms with Crippen LogP contribution in [-0.4, -0.2) is 34.9 Å². The van der Waals surface area contributed by atoms with Crippen LogP contribution in [0.25, 0.3) is 0 Å². The van der Waals surface area contributed by atoms with Crippen molar-refractivity contribution in [2.75, 3.05) is 6.61 Å². The van der Waals surface area contributed by atoms with Gasteiger partial charge in [-0.15, -0.1) is 0 Å². The van der Waals surface area contributed by atoms with Gasteiger partial charge in [-0.25, -0.2) is 0 Å². The Bertz CT molecular complexity index is 788. The van der Waals surface area contributed by atoms with Crippen LogP contribution in [0.2, 0.25) is 0 Å². The Kier molecular flexibility index (Phi) is 52.2. The van der Waals surface area contributed by atoms with Crippen LogP contribution in [0.1, 0.15) is 335 Å². The van der Waals surface area contributed by atoms with Crippen molar-refractivity contribution in [1.29, 1.82) is 0 Å². The molecule has 0 aromatic rings. The number of amides is 1. The van der Waals surface area contributed by atoms with Crippen molar-refractivity contribution in [2.45, 2.75) is 347 Å². The fourth-order valence-electron chi connectivity index (χ4n) is 9.31. The Balaban J connectivity index is 3.37. The first-order chi connectivity index (χ1) is 29.7. The molecular formula is C56H113NO3. The highest BCUT2D eigenvalue weighted by Gasteiger charge is 2.20. The van der Waals surface area contributed by atoms with Gasteiger partial charge in [0.15, 0.2) is 0 Å². The first kappa shape index (κ1) is 59.4. The lowest BCUT2D eigenvalue weighted by molar-refractivity contribution is -0.123. The molecule has 0 saturated heterocycles. The zero-order valence-electron chi connectivity index (χ0n) is 41.5. The molecule has 4 heteroatoms. The summed E-state index contributed by atoms with van der Waals surface area (Å²) in [5, 5.41) is 23.3. The highest BCUT2D eigenvalue weighted by molar-refractivity contribution is 5.76. The number of unbranched alkanes of at least 4 members (excludes halogenated alkanes) is 46. The third-order valence-electron chi connectivity index (χ3n) is 13.6. The third kappa shape index (κ3) is 48.4. The number of carbonyl (C=O) groups excluding carboxylic acids is 1. The Labute approximate surface area is 378 Å². The van der Waals surface area contributed by atoms with Crippen LogP contribution in [0.3, 0.4) is 0 Å². The van der Waals surface area contributed by atoms with Crippen molar-refractivity contribution < 1.29 is 15.0 Å². The average molecular weight is 849 g/mol. The van der Waals surface area contributed by atoms with E-state index in [1.54, 1.807) is 0 Å². The van der Waals surface area contributed by atoms with Crippen molar-refractivity contribution in [1.82, 2.24) is 5.32 Å². The number of hydrogen-bond donors (Lipinski definition) is 3. The van der Waals surface area contributed by atoms with Gasteiger partial charge in [0, 0.05) is 6.42 Å². The summed E-state index contributed by atoms with van der Waals surface area (Å²) in [5.74, 6) is -0.0223. The molecule has 0 rings (SSSR count). The Morgan fingerprint density at radius 3 is 0.750 bits per heavy atom. The predicted molar refractivity (Wildman–Crippen MR) is 267 cm³/mol. The Hall–Kier alpha value is -0.610. The van der Waals surface area contributed by atoms with Gasteiger partial charge in [-0.05, 0) is 12.8 Å². The fraction of sp³-hybridized carbons (Fsp3) is 0.982. The topological polar surface area (TPSA) is 69.6 Å². The van der Waals surface area contributed by atoms with Crippen molar-refractivity contribution in [2.24, 2.45) is 0 Å². The maximum atomic E-state index is 12.5. The molecule has 60 heavy (non-hydrogen) atoms. The normalized spacial score (nSPS) is 12.7. The molecule has 0 aromatic heterocycles. The minimum atomic E-state index is -0.654. The van der Waals surface area contributed by atoms with Crippen LogP contribution in [0.5, 0.6) is 0 Å². The van der Waals surface area contributed by atoms with Crippen molar-refractivity contribution in [3.63, 3.8) is 0 Å². The highest BCUT2D eigenvalue weighted by Crippen LogP contribution is 2.18. The predicted octanol–water partition coefficient (Wildman–Crippen LogP) is 18.4. The number of aliphatic hydroxyl groups is 2. The van der Waals surface area contributed by atoms with Crippen molar-refractivity contribution in [3.8, 4) is 0 Å². The quantitative estimate of drug-likeness (QED) is 0.0534. The fourth-order valence-corrected chi connectivity index (χ4v) is 9.31. The van der Waals surface area contributed by atoms with E-state index in [-0.39, 0.29) is 12.5 Å². The summed E-state index contributed by atoms with van der Waals surface area (Å²) in [7, 11) is 0. The van der Waals surface area contributed by atoms with Gasteiger partial charge in [0.1, 0.15) is 0 Å². The summed E-state index contributed by atoms with van der Waals surface area (Å²) >= 11 is 0. The van der Waals surface area contributed by atoms with Gasteiger partial charge in [-0.2, -0.15) is 0 Å². The number of carbonyl (C=O) groups is 1. The summed E-state index contributed by atoms with van der Waals surface area (Å²) in [6.45, 7) is 4.40. The van der Waals surface area contributed by atoms with E-state index in [4.69, 9.17) is 0 Å². The van der Waals surface area contributed by atoms with Gasteiger partial charge in [0.2, 0.25) is 5.91 Å². The summed E-state index contributed by atoms with van der Waals surface area (Å²) in [6, 6.07) is -0.531. The number of rotatable bonds is 53. The van der Waals surface area contributed by atoms with E-state index in [1.807, 2.05) is 0 Å². The molecule has 2 atom stereocenters. The second-order valence-corrected chi connectivity index (χ2v) is 19.7. The van der Waals surface area contributed by atoms with Gasteiger partial charge in [0.05, 0.1) is 18.8 Å². The molecule has 3 N–H and O–H groups in total. The molecule has 2 unspecified atom stereocenters. The second kappa shape index (κ2) is 52.7. The Morgan fingerprint density at radius 2 is 0.533 bits per heavy atom. The monoisotopic (exact) mass is 848 g/mol. The number of aliphatic hydroxyl groups excluding tert-OH is 2. The van der Waals surface area contributed by atoms with E-state index in [2.05, 4.69) is 19.2 Å². The number of nitrogens with one attached hydrogen (secondary N) is 1. The largest absolute Gasteiger partial charge is 0.394 e. The maximum absolute atomic E-state index is 12.5. The molecule has 0 heterocycles. The SMILES string of the molecule is CCCCCCCCCCCCCCCCCCCCCCCCCCCCCCCCCC(=O)NC(CO)C(O)CCCCCCCCCCCCCCCCCCC. The number of hydrogen-bond acceptors (Lipinski definition) is 3. The average Bonchev–Trinajstić information content (AvgIpc) is 3.25. The molecule has 4 nitrogen and oxygen atoms in total. The molecule has 1 amide bonds. The molecule has 0 fully saturated rings. The summed E-state index contributed by atoms with van der Waals surface area (Å²) < 4.78 is 0. The lowest BCUT2D eigenvalue weighted by Gasteiger charge is -2.22. The molecule has 0 aliphatic heterocycles. The molecular weight excluding hydrogens is 735 g/mol. The molecule has 0 aliphatic carbocycles. The van der Waals surface area contributed by atoms with Crippen molar-refractivity contribution in [3.05, 3.63) is 0 Å². The first-order valence-corrected chi connectivity index (χ1v) is 28.2. The molecule has 360 valence electrons. The lowest BCUT2D eigenvalue weighted by atomic mass is 10.0. The zero-order valence-corrected chi connectivity index (χ0v) is 41.5. The van der Waals surface area contributed by atoms with Crippen LogP contribution < -0.4 is 5.32 Å². The van der Waals surface area contributed by atoms with Crippen LogP contribution >= 0.6 is 0 Å². The smallest absolute Gasteiger partial charge is 0.220 e. The minimum absolute atomic E-state index is 0.0223. The second-order valence-electron chi connectivity index (χ2n) is 19.7. The summed E-state index contributed by atoms with van der Waals surface area (Å²) in [6.07, 6.45) is 66.7. The molecule has 0 saturated carbocycles. The summed E-state index contributed by atoms with van der Waals surface area (Å²) in [5.41, 5.74) is 0. The van der Waals surface area contributed by atoms with Gasteiger partial charge in [-0.3, -0.25) is 4.79 Å². The van der Waals surface area contributed by atoms with Crippen LogP contribution in [0.15, 0.2) is 0 Å². The molecule has 0 aliphatic rings. The standard InChI is InChI=1S/C56H113NO3/c1-3-5-7-9-11-13-15-17-19-21-22-23-24-25-26-27-28-29-30-31-32-33-34-36-38-40-42-44-46-48-50-52-56(60)57-54(53-58)55(59)51-49-47-45-43-41-39-37-35-20-18-16-14-12-10-8-6-4-2/h54-55,58-59H,3-53H2,1-2H3,(H,57,60). The molecule has 0 spiro atoms.